The number of benzene rings is 3. The van der Waals surface area contributed by atoms with Gasteiger partial charge in [-0.05, 0) is 66.7 Å². The normalized spacial score (nSPS) is 11.4. The van der Waals surface area contributed by atoms with Crippen molar-refractivity contribution in [3.63, 3.8) is 0 Å². The fourth-order valence-corrected chi connectivity index (χ4v) is 3.29. The molecule has 0 aromatic heterocycles. The summed E-state index contributed by atoms with van der Waals surface area (Å²) >= 11 is 3.27. The number of hydrogen-bond acceptors (Lipinski definition) is 4. The largest absolute Gasteiger partial charge is 0.483 e. The highest BCUT2D eigenvalue weighted by atomic mass is 79.9. The molecule has 3 aromatic rings. The fourth-order valence-electron chi connectivity index (χ4n) is 2.91. The summed E-state index contributed by atoms with van der Waals surface area (Å²) in [5, 5.41) is 14.3. The van der Waals surface area contributed by atoms with E-state index < -0.39 is 41.6 Å². The number of nitriles is 1. The Kier molecular flexibility index (Phi) is 8.45. The maximum atomic E-state index is 13.0. The second kappa shape index (κ2) is 11.5. The minimum Gasteiger partial charge on any atom is -0.483 e. The molecule has 0 bridgehead atoms. The maximum absolute atomic E-state index is 13.0. The minimum absolute atomic E-state index is 0.140. The topological polar surface area (TPSA) is 91.2 Å². The molecule has 0 spiro atoms. The summed E-state index contributed by atoms with van der Waals surface area (Å²) in [4.78, 5) is 24.8. The lowest BCUT2D eigenvalue weighted by Gasteiger charge is -2.11. The summed E-state index contributed by atoms with van der Waals surface area (Å²) in [6.45, 7) is -0.432. The number of ether oxygens (including phenoxy) is 1. The van der Waals surface area contributed by atoms with Crippen molar-refractivity contribution in [1.82, 2.24) is 0 Å². The number of carbonyl (C=O) groups excluding carboxylic acids is 2. The lowest BCUT2D eigenvalue weighted by molar-refractivity contribution is -0.137. The molecule has 2 amide bonds. The molecular formula is C25H16BrF4N3O3. The first-order chi connectivity index (χ1) is 17.0. The monoisotopic (exact) mass is 561 g/mol. The molecule has 0 fully saturated rings. The van der Waals surface area contributed by atoms with Crippen LogP contribution in [0.15, 0.2) is 76.8 Å². The van der Waals surface area contributed by atoms with E-state index in [0.717, 1.165) is 18.2 Å². The van der Waals surface area contributed by atoms with Crippen LogP contribution in [0, 0.1) is 17.1 Å². The molecule has 0 atom stereocenters. The Hall–Kier alpha value is -4.17. The van der Waals surface area contributed by atoms with Crippen LogP contribution in [0.2, 0.25) is 0 Å². The van der Waals surface area contributed by atoms with Crippen molar-refractivity contribution in [2.75, 3.05) is 17.2 Å². The maximum Gasteiger partial charge on any atom is 0.416 e. The Morgan fingerprint density at radius 2 is 1.72 bits per heavy atom. The van der Waals surface area contributed by atoms with Crippen LogP contribution in [-0.2, 0) is 15.8 Å². The van der Waals surface area contributed by atoms with Gasteiger partial charge >= 0.3 is 6.18 Å². The smallest absolute Gasteiger partial charge is 0.416 e. The molecular weight excluding hydrogens is 546 g/mol. The van der Waals surface area contributed by atoms with E-state index in [1.165, 1.54) is 48.5 Å². The molecule has 11 heteroatoms. The number of hydrogen-bond donors (Lipinski definition) is 2. The van der Waals surface area contributed by atoms with Gasteiger partial charge in [0, 0.05) is 21.4 Å². The molecule has 0 aliphatic heterocycles. The number of nitrogens with one attached hydrogen (secondary N) is 2. The van der Waals surface area contributed by atoms with E-state index in [1.807, 2.05) is 0 Å². The van der Waals surface area contributed by atoms with Crippen LogP contribution in [0.3, 0.4) is 0 Å². The van der Waals surface area contributed by atoms with Gasteiger partial charge in [-0.3, -0.25) is 9.59 Å². The fraction of sp³-hybridized carbons (Fsp3) is 0.0800. The standard InChI is InChI=1S/C25H16BrF4N3O3/c26-18-4-9-22(36-14-23(34)32-20-7-5-19(27)6-8-20)15(11-18)10-16(13-31)24(35)33-21-3-1-2-17(12-21)25(28,29)30/h1-12H,14H2,(H,32,34)(H,33,35)/b16-10+. The molecule has 36 heavy (non-hydrogen) atoms. The quantitative estimate of drug-likeness (QED) is 0.205. The van der Waals surface area contributed by atoms with Gasteiger partial charge in [-0.25, -0.2) is 4.39 Å². The third-order valence-electron chi connectivity index (χ3n) is 4.57. The number of amides is 2. The van der Waals surface area contributed by atoms with Crippen LogP contribution in [0.1, 0.15) is 11.1 Å². The lowest BCUT2D eigenvalue weighted by Crippen LogP contribution is -2.20. The number of halogens is 5. The van der Waals surface area contributed by atoms with Gasteiger partial charge < -0.3 is 15.4 Å². The van der Waals surface area contributed by atoms with Crippen LogP contribution in [0.4, 0.5) is 28.9 Å². The molecule has 6 nitrogen and oxygen atoms in total. The second-order valence-corrected chi connectivity index (χ2v) is 8.14. The first kappa shape index (κ1) is 26.4. The zero-order valence-corrected chi connectivity index (χ0v) is 19.8. The summed E-state index contributed by atoms with van der Waals surface area (Å²) in [6, 6.07) is 15.5. The number of anilines is 2. The number of nitrogens with zero attached hydrogens (tertiary/aromatic N) is 1. The molecule has 184 valence electrons. The van der Waals surface area contributed by atoms with Gasteiger partial charge in [0.25, 0.3) is 11.8 Å². The predicted molar refractivity (Wildman–Crippen MR) is 128 cm³/mol. The molecule has 3 aromatic carbocycles. The van der Waals surface area contributed by atoms with Gasteiger partial charge in [-0.1, -0.05) is 22.0 Å². The van der Waals surface area contributed by atoms with Crippen molar-refractivity contribution in [2.45, 2.75) is 6.18 Å². The molecule has 0 saturated carbocycles. The minimum atomic E-state index is -4.60. The molecule has 2 N–H and O–H groups in total. The van der Waals surface area contributed by atoms with Gasteiger partial charge in [0.15, 0.2) is 6.61 Å². The van der Waals surface area contributed by atoms with Crippen molar-refractivity contribution < 1.29 is 31.9 Å². The Balaban J connectivity index is 1.75. The highest BCUT2D eigenvalue weighted by Gasteiger charge is 2.30. The van der Waals surface area contributed by atoms with E-state index in [-0.39, 0.29) is 17.0 Å². The van der Waals surface area contributed by atoms with E-state index in [1.54, 1.807) is 12.1 Å². The Morgan fingerprint density at radius 1 is 1.00 bits per heavy atom. The molecule has 0 aliphatic rings. The zero-order valence-electron chi connectivity index (χ0n) is 18.2. The predicted octanol–water partition coefficient (Wildman–Crippen LogP) is 6.17. The number of rotatable bonds is 7. The van der Waals surface area contributed by atoms with E-state index >= 15 is 0 Å². The SMILES string of the molecule is N#C/C(=C\c1cc(Br)ccc1OCC(=O)Nc1ccc(F)cc1)C(=O)Nc1cccc(C(F)(F)F)c1. The van der Waals surface area contributed by atoms with E-state index in [2.05, 4.69) is 26.6 Å². The Morgan fingerprint density at radius 3 is 2.39 bits per heavy atom. The van der Waals surface area contributed by atoms with Crippen LogP contribution in [0.25, 0.3) is 6.08 Å². The van der Waals surface area contributed by atoms with Crippen LogP contribution < -0.4 is 15.4 Å². The third kappa shape index (κ3) is 7.41. The molecule has 3 rings (SSSR count). The van der Waals surface area contributed by atoms with Crippen LogP contribution >= 0.6 is 15.9 Å². The lowest BCUT2D eigenvalue weighted by atomic mass is 10.1. The highest BCUT2D eigenvalue weighted by molar-refractivity contribution is 9.10. The summed E-state index contributed by atoms with van der Waals surface area (Å²) < 4.78 is 57.9. The molecule has 0 heterocycles. The van der Waals surface area contributed by atoms with Gasteiger partial charge in [0.1, 0.15) is 23.2 Å². The van der Waals surface area contributed by atoms with Crippen molar-refractivity contribution in [3.8, 4) is 11.8 Å². The second-order valence-electron chi connectivity index (χ2n) is 7.23. The van der Waals surface area contributed by atoms with E-state index in [0.29, 0.717) is 10.2 Å². The molecule has 0 saturated heterocycles. The van der Waals surface area contributed by atoms with Crippen LogP contribution in [-0.4, -0.2) is 18.4 Å². The van der Waals surface area contributed by atoms with Crippen molar-refractivity contribution in [3.05, 3.63) is 93.7 Å². The van der Waals surface area contributed by atoms with Crippen LogP contribution in [0.5, 0.6) is 5.75 Å². The van der Waals surface area contributed by atoms with E-state index in [9.17, 15) is 32.4 Å². The van der Waals surface area contributed by atoms with Gasteiger partial charge in [0.2, 0.25) is 0 Å². The number of alkyl halides is 3. The van der Waals surface area contributed by atoms with Gasteiger partial charge in [0.05, 0.1) is 5.56 Å². The van der Waals surface area contributed by atoms with Crippen molar-refractivity contribution in [1.29, 1.82) is 5.26 Å². The molecule has 0 unspecified atom stereocenters. The molecule has 0 radical (unpaired) electrons. The summed E-state index contributed by atoms with van der Waals surface area (Å²) in [7, 11) is 0. The van der Waals surface area contributed by atoms with E-state index in [4.69, 9.17) is 4.74 Å². The van der Waals surface area contributed by atoms with Gasteiger partial charge in [-0.2, -0.15) is 18.4 Å². The number of carbonyl (C=O) groups is 2. The highest BCUT2D eigenvalue weighted by Crippen LogP contribution is 2.31. The molecule has 0 aliphatic carbocycles. The summed E-state index contributed by atoms with van der Waals surface area (Å²) in [5.74, 6) is -1.77. The van der Waals surface area contributed by atoms with Gasteiger partial charge in [-0.15, -0.1) is 0 Å². The van der Waals surface area contributed by atoms with Crippen molar-refractivity contribution >= 4 is 45.2 Å². The first-order valence-corrected chi connectivity index (χ1v) is 10.9. The first-order valence-electron chi connectivity index (χ1n) is 10.1. The Labute approximate surface area is 211 Å². The summed E-state index contributed by atoms with van der Waals surface area (Å²) in [5.41, 5.74) is -0.886. The van der Waals surface area contributed by atoms with Crippen molar-refractivity contribution in [2.24, 2.45) is 0 Å². The zero-order chi connectivity index (χ0) is 26.3. The Bertz CT molecular complexity index is 1350. The average molecular weight is 562 g/mol. The third-order valence-corrected chi connectivity index (χ3v) is 5.06. The summed E-state index contributed by atoms with van der Waals surface area (Å²) in [6.07, 6.45) is -3.42. The average Bonchev–Trinajstić information content (AvgIpc) is 2.83.